The molecule has 0 unspecified atom stereocenters. The van der Waals surface area contributed by atoms with E-state index >= 15 is 0 Å². The van der Waals surface area contributed by atoms with Crippen LogP contribution in [0.5, 0.6) is 0 Å². The van der Waals surface area contributed by atoms with Crippen molar-refractivity contribution in [1.29, 1.82) is 0 Å². The fourth-order valence-corrected chi connectivity index (χ4v) is 3.06. The molecule has 164 valence electrons. The van der Waals surface area contributed by atoms with Gasteiger partial charge in [-0.25, -0.2) is 9.79 Å². The number of halogens is 5. The average Bonchev–Trinajstić information content (AvgIpc) is 2.73. The lowest BCUT2D eigenvalue weighted by Crippen LogP contribution is -2.70. The number of carboxylic acids is 1. The van der Waals surface area contributed by atoms with E-state index in [1.807, 2.05) is 54.6 Å². The smallest absolute Gasteiger partial charge is 0.478 e. The summed E-state index contributed by atoms with van der Waals surface area (Å²) in [4.78, 5) is 14.5. The lowest BCUT2D eigenvalue weighted by atomic mass is 10.1. The third-order valence-electron chi connectivity index (χ3n) is 4.17. The Morgan fingerprint density at radius 2 is 1.59 bits per heavy atom. The van der Waals surface area contributed by atoms with Gasteiger partial charge in [-0.2, -0.15) is 0 Å². The van der Waals surface area contributed by atoms with Gasteiger partial charge in [-0.15, -0.1) is 0 Å². The first-order chi connectivity index (χ1) is 15.1. The minimum atomic E-state index is -6.00. The maximum absolute atomic E-state index is 11.2. The Morgan fingerprint density at radius 3 is 2.25 bits per heavy atom. The van der Waals surface area contributed by atoms with Gasteiger partial charge in [-0.1, -0.05) is 48.0 Å². The molecule has 4 aromatic rings. The molecule has 1 heterocycles. The summed E-state index contributed by atoms with van der Waals surface area (Å²) in [6, 6.07) is 23.7. The van der Waals surface area contributed by atoms with E-state index in [0.717, 1.165) is 16.3 Å². The maximum Gasteiger partial charge on any atom is 0.673 e. The molecule has 0 saturated heterocycles. The fraction of sp³-hybridized carbons (Fsp3) is 0. The van der Waals surface area contributed by atoms with Crippen LogP contribution in [0.4, 0.5) is 23.0 Å². The zero-order valence-corrected chi connectivity index (χ0v) is 17.0. The topological polar surface area (TPSA) is 64.4 Å². The minimum absolute atomic E-state index is 0.214. The van der Waals surface area contributed by atoms with Crippen molar-refractivity contribution in [2.45, 2.75) is 0 Å². The third-order valence-corrected chi connectivity index (χ3v) is 4.41. The van der Waals surface area contributed by atoms with Crippen LogP contribution in [0.25, 0.3) is 22.3 Å². The van der Waals surface area contributed by atoms with Crippen molar-refractivity contribution in [1.82, 2.24) is 0 Å². The molecule has 0 aliphatic heterocycles. The Kier molecular flexibility index (Phi) is 7.00. The van der Waals surface area contributed by atoms with E-state index in [1.54, 1.807) is 24.3 Å². The molecule has 4 rings (SSSR count). The van der Waals surface area contributed by atoms with E-state index in [0.29, 0.717) is 22.1 Å². The first-order valence-electron chi connectivity index (χ1n) is 9.20. The monoisotopic (exact) mass is 463 g/mol. The molecular formula is C22H15BClF4NO3. The van der Waals surface area contributed by atoms with Crippen molar-refractivity contribution >= 4 is 41.5 Å². The largest absolute Gasteiger partial charge is 0.673 e. The molecule has 2 N–H and O–H groups in total. The van der Waals surface area contributed by atoms with Gasteiger partial charge in [0.25, 0.3) is 0 Å². The van der Waals surface area contributed by atoms with Crippen molar-refractivity contribution in [2.24, 2.45) is 0 Å². The maximum atomic E-state index is 11.2. The Bertz CT molecular complexity index is 1320. The van der Waals surface area contributed by atoms with Gasteiger partial charge in [0.05, 0.1) is 17.0 Å². The van der Waals surface area contributed by atoms with Crippen LogP contribution in [-0.4, -0.2) is 18.3 Å². The standard InChI is InChI=1S/C22H14ClNO3.BF4/c23-16-9-10-20-18(12-16)19(13-21(27-20)14-5-2-1-3-6-14)24-17-8-4-7-15(11-17)22(25)26;2-1(3,4)5/h1-13H,(H,25,26);/q;-1/p+1. The van der Waals surface area contributed by atoms with Crippen molar-refractivity contribution < 1.29 is 36.6 Å². The number of rotatable bonds is 3. The van der Waals surface area contributed by atoms with Crippen LogP contribution in [0.15, 0.2) is 83.3 Å². The molecular weight excluding hydrogens is 449 g/mol. The van der Waals surface area contributed by atoms with Crippen molar-refractivity contribution in [3.63, 3.8) is 0 Å². The molecule has 0 radical (unpaired) electrons. The first kappa shape index (κ1) is 23.1. The fourth-order valence-electron chi connectivity index (χ4n) is 2.89. The van der Waals surface area contributed by atoms with Crippen molar-refractivity contribution in [3.8, 4) is 11.3 Å². The lowest BCUT2D eigenvalue weighted by Gasteiger charge is -2.03. The minimum Gasteiger partial charge on any atom is -0.478 e. The van der Waals surface area contributed by atoms with Crippen LogP contribution in [0.2, 0.25) is 5.02 Å². The van der Waals surface area contributed by atoms with E-state index in [2.05, 4.69) is 4.99 Å². The van der Waals surface area contributed by atoms with Gasteiger partial charge in [-0.3, -0.25) is 0 Å². The zero-order valence-electron chi connectivity index (χ0n) is 16.2. The Hall–Kier alpha value is -3.59. The highest BCUT2D eigenvalue weighted by Gasteiger charge is 2.20. The molecule has 0 saturated carbocycles. The Balaban J connectivity index is 0.000000523. The number of aromatic carboxylic acids is 1. The second-order valence-corrected chi connectivity index (χ2v) is 6.97. The number of carboxylic acid groups (broad SMARTS) is 1. The molecule has 0 aliphatic carbocycles. The number of fused-ring (bicyclic) bond motifs is 1. The number of hydrogen-bond acceptors (Lipinski definition) is 2. The van der Waals surface area contributed by atoms with Gasteiger partial charge in [-0.05, 0) is 24.3 Å². The van der Waals surface area contributed by atoms with E-state index in [9.17, 15) is 27.2 Å². The summed E-state index contributed by atoms with van der Waals surface area (Å²) >= 11 is 6.17. The van der Waals surface area contributed by atoms with E-state index in [4.69, 9.17) is 16.0 Å². The van der Waals surface area contributed by atoms with Crippen LogP contribution in [0.1, 0.15) is 10.4 Å². The summed E-state index contributed by atoms with van der Waals surface area (Å²) < 4.78 is 45.1. The van der Waals surface area contributed by atoms with Crippen LogP contribution in [-0.2, 0) is 0 Å². The van der Waals surface area contributed by atoms with Gasteiger partial charge < -0.3 is 26.8 Å². The highest BCUT2D eigenvalue weighted by atomic mass is 35.5. The molecule has 10 heteroatoms. The van der Waals surface area contributed by atoms with Crippen LogP contribution >= 0.6 is 11.6 Å². The average molecular weight is 464 g/mol. The summed E-state index contributed by atoms with van der Waals surface area (Å²) in [7, 11) is -6.00. The Morgan fingerprint density at radius 1 is 0.906 bits per heavy atom. The highest BCUT2D eigenvalue weighted by Crippen LogP contribution is 2.23. The number of hydrogen-bond donors (Lipinski definition) is 2. The molecule has 0 aliphatic rings. The summed E-state index contributed by atoms with van der Waals surface area (Å²) in [6.45, 7) is 0. The lowest BCUT2D eigenvalue weighted by molar-refractivity contribution is -0.400. The van der Waals surface area contributed by atoms with E-state index in [1.165, 1.54) is 0 Å². The molecule has 4 nitrogen and oxygen atoms in total. The highest BCUT2D eigenvalue weighted by molar-refractivity contribution is 6.50. The van der Waals surface area contributed by atoms with Gasteiger partial charge >= 0.3 is 13.2 Å². The summed E-state index contributed by atoms with van der Waals surface area (Å²) in [6.07, 6.45) is 0. The number of carbonyl (C=O) groups is 1. The molecule has 32 heavy (non-hydrogen) atoms. The SMILES string of the molecule is F[B-](F)(F)F.O=C(O)c1cccc([NH+]=c2cc(-c3ccccc3)oc3ccc(Cl)cc23)c1. The second-order valence-electron chi connectivity index (χ2n) is 6.54. The number of benzene rings is 3. The predicted octanol–water partition coefficient (Wildman–Crippen LogP) is 5.06. The molecule has 0 spiro atoms. The van der Waals surface area contributed by atoms with E-state index < -0.39 is 13.2 Å². The van der Waals surface area contributed by atoms with Crippen LogP contribution in [0.3, 0.4) is 0 Å². The second kappa shape index (κ2) is 9.70. The molecule has 0 atom stereocenters. The van der Waals surface area contributed by atoms with Crippen LogP contribution in [0, 0.1) is 0 Å². The van der Waals surface area contributed by atoms with Gasteiger partial charge in [0, 0.05) is 22.7 Å². The van der Waals surface area contributed by atoms with Gasteiger partial charge in [0.1, 0.15) is 11.3 Å². The predicted molar refractivity (Wildman–Crippen MR) is 114 cm³/mol. The number of nitrogens with one attached hydrogen (secondary N) is 1. The zero-order chi connectivity index (χ0) is 23.3. The Labute approximate surface area is 184 Å². The third kappa shape index (κ3) is 6.45. The van der Waals surface area contributed by atoms with E-state index in [-0.39, 0.29) is 5.56 Å². The van der Waals surface area contributed by atoms with Gasteiger partial charge in [0.15, 0.2) is 0 Å². The summed E-state index contributed by atoms with van der Waals surface area (Å²) in [5.74, 6) is -0.276. The molecule has 0 amide bonds. The van der Waals surface area contributed by atoms with Gasteiger partial charge in [0.2, 0.25) is 11.0 Å². The summed E-state index contributed by atoms with van der Waals surface area (Å²) in [5.41, 5.74) is 2.50. The molecule has 1 aromatic heterocycles. The molecule has 3 aromatic carbocycles. The van der Waals surface area contributed by atoms with Crippen molar-refractivity contribution in [2.75, 3.05) is 0 Å². The quantitative estimate of drug-likeness (QED) is 0.330. The summed E-state index contributed by atoms with van der Waals surface area (Å²) in [5, 5.41) is 11.4. The normalized spacial score (nSPS) is 11.7. The van der Waals surface area contributed by atoms with Crippen molar-refractivity contribution in [3.05, 3.63) is 94.8 Å². The first-order valence-corrected chi connectivity index (χ1v) is 9.57. The molecule has 0 fully saturated rings. The molecule has 0 bridgehead atoms. The van der Waals surface area contributed by atoms with Crippen LogP contribution < -0.4 is 10.3 Å².